The Labute approximate surface area is 143 Å². The van der Waals surface area contributed by atoms with E-state index in [4.69, 9.17) is 9.47 Å². The average molecular weight is 333 g/mol. The van der Waals surface area contributed by atoms with Gasteiger partial charge in [-0.05, 0) is 44.2 Å². The van der Waals surface area contributed by atoms with Gasteiger partial charge in [-0.15, -0.1) is 0 Å². The quantitative estimate of drug-likeness (QED) is 0.813. The summed E-state index contributed by atoms with van der Waals surface area (Å²) in [4.78, 5) is 23.6. The lowest BCUT2D eigenvalue weighted by Crippen LogP contribution is -2.43. The van der Waals surface area contributed by atoms with Crippen LogP contribution in [0.15, 0.2) is 18.2 Å². The number of carbonyl (C=O) groups is 2. The number of benzene rings is 1. The molecule has 0 unspecified atom stereocenters. The lowest BCUT2D eigenvalue weighted by Gasteiger charge is -2.29. The van der Waals surface area contributed by atoms with Gasteiger partial charge in [0.05, 0.1) is 0 Å². The third kappa shape index (κ3) is 5.55. The fraction of sp³-hybridized carbons (Fsp3) is 0.579. The fourth-order valence-corrected chi connectivity index (χ4v) is 3.06. The third-order valence-corrected chi connectivity index (χ3v) is 4.50. The van der Waals surface area contributed by atoms with E-state index < -0.39 is 5.97 Å². The Morgan fingerprint density at radius 2 is 1.92 bits per heavy atom. The number of hydrogen-bond donors (Lipinski definition) is 1. The van der Waals surface area contributed by atoms with Crippen molar-refractivity contribution < 1.29 is 19.1 Å². The van der Waals surface area contributed by atoms with E-state index in [0.717, 1.165) is 30.4 Å². The molecule has 0 aliphatic heterocycles. The van der Waals surface area contributed by atoms with E-state index in [1.807, 2.05) is 32.0 Å². The predicted octanol–water partition coefficient (Wildman–Crippen LogP) is 2.92. The molecule has 132 valence electrons. The molecule has 2 atom stereocenters. The van der Waals surface area contributed by atoms with Crippen molar-refractivity contribution in [1.82, 2.24) is 5.32 Å². The van der Waals surface area contributed by atoms with E-state index in [-0.39, 0.29) is 25.2 Å². The normalized spacial score (nSPS) is 20.3. The Hall–Kier alpha value is -2.04. The van der Waals surface area contributed by atoms with Crippen LogP contribution in [-0.2, 0) is 14.3 Å². The molecule has 2 rings (SSSR count). The zero-order valence-corrected chi connectivity index (χ0v) is 14.8. The van der Waals surface area contributed by atoms with Gasteiger partial charge in [0.25, 0.3) is 5.91 Å². The molecule has 1 N–H and O–H groups in total. The van der Waals surface area contributed by atoms with Crippen molar-refractivity contribution in [3.63, 3.8) is 0 Å². The first-order valence-electron chi connectivity index (χ1n) is 8.60. The minimum absolute atomic E-state index is 0.191. The van der Waals surface area contributed by atoms with Crippen LogP contribution in [0.2, 0.25) is 0 Å². The van der Waals surface area contributed by atoms with Crippen molar-refractivity contribution in [2.75, 3.05) is 13.2 Å². The van der Waals surface area contributed by atoms with E-state index in [1.54, 1.807) is 0 Å². The van der Waals surface area contributed by atoms with Crippen LogP contribution in [0, 0.1) is 19.8 Å². The monoisotopic (exact) mass is 333 g/mol. The Bertz CT molecular complexity index is 585. The van der Waals surface area contributed by atoms with Gasteiger partial charge in [0.2, 0.25) is 0 Å². The second-order valence-electron chi connectivity index (χ2n) is 6.65. The molecule has 0 spiro atoms. The van der Waals surface area contributed by atoms with Gasteiger partial charge in [0.15, 0.2) is 13.2 Å². The minimum Gasteiger partial charge on any atom is -0.482 e. The van der Waals surface area contributed by atoms with Crippen LogP contribution in [0.4, 0.5) is 0 Å². The zero-order chi connectivity index (χ0) is 17.5. The molecule has 1 amide bonds. The van der Waals surface area contributed by atoms with E-state index >= 15 is 0 Å². The molecule has 0 heterocycles. The molecule has 24 heavy (non-hydrogen) atoms. The average Bonchev–Trinajstić information content (AvgIpc) is 2.54. The largest absolute Gasteiger partial charge is 0.482 e. The van der Waals surface area contributed by atoms with Crippen molar-refractivity contribution in [2.24, 2.45) is 5.92 Å². The summed E-state index contributed by atoms with van der Waals surface area (Å²) in [5.41, 5.74) is 2.10. The molecular weight excluding hydrogens is 306 g/mol. The highest BCUT2D eigenvalue weighted by Gasteiger charge is 2.23. The van der Waals surface area contributed by atoms with Crippen LogP contribution in [0.1, 0.15) is 43.7 Å². The van der Waals surface area contributed by atoms with Gasteiger partial charge in [-0.3, -0.25) is 4.79 Å². The summed E-state index contributed by atoms with van der Waals surface area (Å²) < 4.78 is 10.4. The highest BCUT2D eigenvalue weighted by atomic mass is 16.6. The number of aryl methyl sites for hydroxylation is 2. The second-order valence-corrected chi connectivity index (χ2v) is 6.65. The molecule has 0 saturated heterocycles. The molecule has 1 fully saturated rings. The van der Waals surface area contributed by atoms with Crippen molar-refractivity contribution in [1.29, 1.82) is 0 Å². The number of nitrogens with one attached hydrogen (secondary N) is 1. The summed E-state index contributed by atoms with van der Waals surface area (Å²) in [6, 6.07) is 5.93. The first kappa shape index (κ1) is 18.3. The Kier molecular flexibility index (Phi) is 6.64. The van der Waals surface area contributed by atoms with Crippen LogP contribution >= 0.6 is 0 Å². The maximum Gasteiger partial charge on any atom is 0.344 e. The molecule has 1 saturated carbocycles. The van der Waals surface area contributed by atoms with Gasteiger partial charge < -0.3 is 14.8 Å². The van der Waals surface area contributed by atoms with Gasteiger partial charge in [-0.2, -0.15) is 0 Å². The third-order valence-electron chi connectivity index (χ3n) is 4.50. The lowest BCUT2D eigenvalue weighted by atomic mass is 9.86. The molecule has 0 aromatic heterocycles. The number of hydrogen-bond acceptors (Lipinski definition) is 4. The predicted molar refractivity (Wildman–Crippen MR) is 91.9 cm³/mol. The van der Waals surface area contributed by atoms with Gasteiger partial charge in [-0.25, -0.2) is 4.79 Å². The molecular formula is C19H27NO4. The maximum absolute atomic E-state index is 11.9. The van der Waals surface area contributed by atoms with E-state index in [0.29, 0.717) is 11.7 Å². The molecule has 1 aromatic rings. The maximum atomic E-state index is 11.9. The van der Waals surface area contributed by atoms with E-state index in [1.165, 1.54) is 6.42 Å². The molecule has 0 bridgehead atoms. The van der Waals surface area contributed by atoms with Crippen LogP contribution in [0.25, 0.3) is 0 Å². The molecule has 1 aliphatic rings. The summed E-state index contributed by atoms with van der Waals surface area (Å²) in [5, 5.41) is 2.96. The zero-order valence-electron chi connectivity index (χ0n) is 14.8. The lowest BCUT2D eigenvalue weighted by molar-refractivity contribution is -0.150. The van der Waals surface area contributed by atoms with Gasteiger partial charge >= 0.3 is 5.97 Å². The number of esters is 1. The summed E-state index contributed by atoms with van der Waals surface area (Å²) in [5.74, 6) is 0.347. The van der Waals surface area contributed by atoms with Crippen LogP contribution < -0.4 is 10.1 Å². The van der Waals surface area contributed by atoms with E-state index in [2.05, 4.69) is 12.2 Å². The fourth-order valence-electron chi connectivity index (χ4n) is 3.06. The molecule has 1 aromatic carbocycles. The van der Waals surface area contributed by atoms with Crippen molar-refractivity contribution in [2.45, 2.75) is 52.5 Å². The standard InChI is InChI=1S/C19H27NO4/c1-13-8-9-17(15(3)10-13)23-12-19(22)24-11-18(21)20-16-7-5-4-6-14(16)2/h8-10,14,16H,4-7,11-12H2,1-3H3,(H,20,21)/t14-,16+/m1/s1. The first-order chi connectivity index (χ1) is 11.5. The number of carbonyl (C=O) groups excluding carboxylic acids is 2. The molecule has 0 radical (unpaired) electrons. The summed E-state index contributed by atoms with van der Waals surface area (Å²) in [6.45, 7) is 5.62. The van der Waals surface area contributed by atoms with Crippen molar-refractivity contribution in [3.05, 3.63) is 29.3 Å². The van der Waals surface area contributed by atoms with Gasteiger partial charge in [0, 0.05) is 6.04 Å². The van der Waals surface area contributed by atoms with Crippen LogP contribution in [0.3, 0.4) is 0 Å². The number of rotatable bonds is 6. The van der Waals surface area contributed by atoms with Gasteiger partial charge in [0.1, 0.15) is 5.75 Å². The van der Waals surface area contributed by atoms with E-state index in [9.17, 15) is 9.59 Å². The van der Waals surface area contributed by atoms with Crippen molar-refractivity contribution in [3.8, 4) is 5.75 Å². The summed E-state index contributed by atoms with van der Waals surface area (Å²) in [7, 11) is 0. The number of ether oxygens (including phenoxy) is 2. The van der Waals surface area contributed by atoms with Crippen molar-refractivity contribution >= 4 is 11.9 Å². The SMILES string of the molecule is Cc1ccc(OCC(=O)OCC(=O)N[C@H]2CCCC[C@H]2C)c(C)c1. The summed E-state index contributed by atoms with van der Waals surface area (Å²) >= 11 is 0. The molecule has 1 aliphatic carbocycles. The van der Waals surface area contributed by atoms with Crippen LogP contribution in [0.5, 0.6) is 5.75 Å². The van der Waals surface area contributed by atoms with Crippen LogP contribution in [-0.4, -0.2) is 31.1 Å². The first-order valence-corrected chi connectivity index (χ1v) is 8.60. The Morgan fingerprint density at radius 3 is 2.62 bits per heavy atom. The Morgan fingerprint density at radius 1 is 1.17 bits per heavy atom. The Balaban J connectivity index is 1.69. The highest BCUT2D eigenvalue weighted by Crippen LogP contribution is 2.23. The minimum atomic E-state index is -0.540. The van der Waals surface area contributed by atoms with Gasteiger partial charge in [-0.1, -0.05) is 37.5 Å². The second kappa shape index (κ2) is 8.71. The molecule has 5 heteroatoms. The smallest absolute Gasteiger partial charge is 0.344 e. The highest BCUT2D eigenvalue weighted by molar-refractivity contribution is 5.81. The molecule has 5 nitrogen and oxygen atoms in total. The summed E-state index contributed by atoms with van der Waals surface area (Å²) in [6.07, 6.45) is 4.49. The number of amides is 1. The topological polar surface area (TPSA) is 64.6 Å².